The number of aromatic nitrogens is 1. The quantitative estimate of drug-likeness (QED) is 0.670. The van der Waals surface area contributed by atoms with E-state index in [1.165, 1.54) is 0 Å². The Morgan fingerprint density at radius 3 is 2.65 bits per heavy atom. The molecule has 26 heavy (non-hydrogen) atoms. The Bertz CT molecular complexity index is 860. The predicted molar refractivity (Wildman–Crippen MR) is 97.7 cm³/mol. The molecule has 7 heteroatoms. The molecule has 2 heterocycles. The average Bonchev–Trinajstić information content (AvgIpc) is 3.01. The zero-order valence-electron chi connectivity index (χ0n) is 14.6. The first-order valence-electron chi connectivity index (χ1n) is 8.44. The van der Waals surface area contributed by atoms with Crippen LogP contribution in [0.5, 0.6) is 0 Å². The van der Waals surface area contributed by atoms with E-state index in [2.05, 4.69) is 10.4 Å². The van der Waals surface area contributed by atoms with Gasteiger partial charge in [0, 0.05) is 24.4 Å². The molecule has 7 nitrogen and oxygen atoms in total. The molecule has 1 aliphatic rings. The van der Waals surface area contributed by atoms with Crippen LogP contribution in [0.25, 0.3) is 0 Å². The molecule has 1 aliphatic heterocycles. The van der Waals surface area contributed by atoms with Crippen molar-refractivity contribution in [2.24, 2.45) is 5.73 Å². The topological polar surface area (TPSA) is 100 Å². The Morgan fingerprint density at radius 1 is 1.23 bits per heavy atom. The summed E-state index contributed by atoms with van der Waals surface area (Å²) in [5.41, 5.74) is 10.4. The molecule has 0 radical (unpaired) electrons. The molecule has 0 aliphatic carbocycles. The summed E-state index contributed by atoms with van der Waals surface area (Å²) in [6.07, 6.45) is 5.52. The molecule has 2 aromatic rings. The lowest BCUT2D eigenvalue weighted by atomic mass is 10.0. The number of hydrogen-bond donors (Lipinski definition) is 3. The van der Waals surface area contributed by atoms with Gasteiger partial charge in [-0.25, -0.2) is 10.2 Å². The normalized spacial score (nSPS) is 18.9. The van der Waals surface area contributed by atoms with Crippen LogP contribution < -0.4 is 16.7 Å². The molecular formula is C19H22N4O3. The SMILES string of the molecule is CCOC(=O)C1(N)C=CN(Cc2ccc(Cc3ccc[nH]c3=O)cc2)N1. The Labute approximate surface area is 151 Å². The molecule has 4 N–H and O–H groups in total. The van der Waals surface area contributed by atoms with Crippen molar-refractivity contribution in [3.8, 4) is 0 Å². The molecule has 1 aromatic heterocycles. The van der Waals surface area contributed by atoms with Gasteiger partial charge in [-0.05, 0) is 30.2 Å². The van der Waals surface area contributed by atoms with Crippen LogP contribution in [0.2, 0.25) is 0 Å². The predicted octanol–water partition coefficient (Wildman–Crippen LogP) is 1.02. The Morgan fingerprint density at radius 2 is 1.96 bits per heavy atom. The standard InChI is InChI=1S/C19H22N4O3/c1-2-26-18(25)19(20)9-11-23(22-19)13-15-7-5-14(6-8-15)12-16-4-3-10-21-17(16)24/h3-11,22H,2,12-13,20H2,1H3,(H,21,24). The molecule has 0 saturated carbocycles. The van der Waals surface area contributed by atoms with Crippen LogP contribution in [0.15, 0.2) is 59.7 Å². The van der Waals surface area contributed by atoms with E-state index in [0.29, 0.717) is 13.0 Å². The molecule has 0 bridgehead atoms. The van der Waals surface area contributed by atoms with Crippen LogP contribution in [-0.4, -0.2) is 28.2 Å². The van der Waals surface area contributed by atoms with Crippen molar-refractivity contribution in [1.82, 2.24) is 15.4 Å². The van der Waals surface area contributed by atoms with E-state index in [1.807, 2.05) is 36.4 Å². The largest absolute Gasteiger partial charge is 0.463 e. The smallest absolute Gasteiger partial charge is 0.347 e. The summed E-state index contributed by atoms with van der Waals surface area (Å²) < 4.78 is 4.98. The second kappa shape index (κ2) is 7.55. The van der Waals surface area contributed by atoms with Crippen LogP contribution in [0.4, 0.5) is 0 Å². The third kappa shape index (κ3) is 4.01. The number of pyridine rings is 1. The molecule has 1 unspecified atom stereocenters. The summed E-state index contributed by atoms with van der Waals surface area (Å²) in [5.74, 6) is -0.512. The number of hydrazine groups is 1. The number of hydrogen-bond acceptors (Lipinski definition) is 6. The minimum absolute atomic E-state index is 0.0683. The maximum atomic E-state index is 11.9. The first-order valence-corrected chi connectivity index (χ1v) is 8.44. The van der Waals surface area contributed by atoms with Gasteiger partial charge in [0.15, 0.2) is 0 Å². The number of rotatable bonds is 6. The van der Waals surface area contributed by atoms with Gasteiger partial charge >= 0.3 is 5.97 Å². The minimum Gasteiger partial charge on any atom is -0.463 e. The summed E-state index contributed by atoms with van der Waals surface area (Å²) in [6.45, 7) is 2.56. The van der Waals surface area contributed by atoms with Crippen molar-refractivity contribution in [1.29, 1.82) is 0 Å². The van der Waals surface area contributed by atoms with Crippen molar-refractivity contribution in [2.45, 2.75) is 25.6 Å². The van der Waals surface area contributed by atoms with E-state index in [1.54, 1.807) is 30.4 Å². The average molecular weight is 354 g/mol. The van der Waals surface area contributed by atoms with Crippen LogP contribution in [0.1, 0.15) is 23.6 Å². The lowest BCUT2D eigenvalue weighted by Crippen LogP contribution is -2.59. The summed E-state index contributed by atoms with van der Waals surface area (Å²) in [7, 11) is 0. The van der Waals surface area contributed by atoms with E-state index >= 15 is 0 Å². The summed E-state index contributed by atoms with van der Waals surface area (Å²) in [4.78, 5) is 26.3. The van der Waals surface area contributed by atoms with Crippen LogP contribution in [0.3, 0.4) is 0 Å². The number of ether oxygens (including phenoxy) is 1. The van der Waals surface area contributed by atoms with E-state index in [-0.39, 0.29) is 12.2 Å². The Kier molecular flexibility index (Phi) is 5.20. The number of benzene rings is 1. The molecular weight excluding hydrogens is 332 g/mol. The highest BCUT2D eigenvalue weighted by Crippen LogP contribution is 2.15. The zero-order chi connectivity index (χ0) is 18.6. The van der Waals surface area contributed by atoms with Gasteiger partial charge in [-0.1, -0.05) is 30.3 Å². The van der Waals surface area contributed by atoms with E-state index in [0.717, 1.165) is 16.7 Å². The first-order chi connectivity index (χ1) is 12.5. The highest BCUT2D eigenvalue weighted by Gasteiger charge is 2.38. The van der Waals surface area contributed by atoms with Gasteiger partial charge in [0.2, 0.25) is 5.66 Å². The van der Waals surface area contributed by atoms with Crippen LogP contribution in [0, 0.1) is 0 Å². The number of nitrogens with two attached hydrogens (primary N) is 1. The summed E-state index contributed by atoms with van der Waals surface area (Å²) in [5, 5.41) is 1.74. The maximum absolute atomic E-state index is 11.9. The fourth-order valence-corrected chi connectivity index (χ4v) is 2.75. The van der Waals surface area contributed by atoms with Gasteiger partial charge in [0.25, 0.3) is 5.56 Å². The van der Waals surface area contributed by atoms with Crippen molar-refractivity contribution in [2.75, 3.05) is 6.61 Å². The number of nitrogens with zero attached hydrogens (tertiary/aromatic N) is 1. The Balaban J connectivity index is 1.60. The zero-order valence-corrected chi connectivity index (χ0v) is 14.6. The van der Waals surface area contributed by atoms with Gasteiger partial charge < -0.3 is 14.7 Å². The third-order valence-corrected chi connectivity index (χ3v) is 4.13. The number of esters is 1. The van der Waals surface area contributed by atoms with E-state index in [9.17, 15) is 9.59 Å². The van der Waals surface area contributed by atoms with E-state index in [4.69, 9.17) is 10.5 Å². The van der Waals surface area contributed by atoms with Gasteiger partial charge in [-0.3, -0.25) is 10.5 Å². The molecule has 0 spiro atoms. The van der Waals surface area contributed by atoms with Crippen molar-refractivity contribution in [3.05, 3.63) is 81.9 Å². The van der Waals surface area contributed by atoms with Gasteiger partial charge in [0.1, 0.15) is 0 Å². The van der Waals surface area contributed by atoms with Gasteiger partial charge in [-0.2, -0.15) is 0 Å². The second-order valence-electron chi connectivity index (χ2n) is 6.16. The molecule has 1 atom stereocenters. The first kappa shape index (κ1) is 17.9. The van der Waals surface area contributed by atoms with Crippen LogP contribution in [-0.2, 0) is 22.5 Å². The highest BCUT2D eigenvalue weighted by atomic mass is 16.5. The maximum Gasteiger partial charge on any atom is 0.347 e. The molecule has 3 rings (SSSR count). The summed E-state index contributed by atoms with van der Waals surface area (Å²) >= 11 is 0. The number of H-pyrrole nitrogens is 1. The van der Waals surface area contributed by atoms with Crippen molar-refractivity contribution in [3.63, 3.8) is 0 Å². The number of nitrogens with one attached hydrogen (secondary N) is 2. The Hall–Kier alpha value is -2.90. The summed E-state index contributed by atoms with van der Waals surface area (Å²) in [6, 6.07) is 11.6. The van der Waals surface area contributed by atoms with E-state index < -0.39 is 11.6 Å². The lowest BCUT2D eigenvalue weighted by Gasteiger charge is -2.25. The lowest BCUT2D eigenvalue weighted by molar-refractivity contribution is -0.150. The van der Waals surface area contributed by atoms with Gasteiger partial charge in [-0.15, -0.1) is 0 Å². The third-order valence-electron chi connectivity index (χ3n) is 4.13. The molecule has 0 amide bonds. The van der Waals surface area contributed by atoms with Crippen LogP contribution >= 0.6 is 0 Å². The van der Waals surface area contributed by atoms with Gasteiger partial charge in [0.05, 0.1) is 13.2 Å². The molecule has 0 saturated heterocycles. The monoisotopic (exact) mass is 354 g/mol. The van der Waals surface area contributed by atoms with Crippen molar-refractivity contribution < 1.29 is 9.53 Å². The number of carbonyl (C=O) groups excluding carboxylic acids is 1. The van der Waals surface area contributed by atoms with Crippen molar-refractivity contribution >= 4 is 5.97 Å². The molecule has 0 fully saturated rings. The molecule has 136 valence electrons. The highest BCUT2D eigenvalue weighted by molar-refractivity contribution is 5.82. The minimum atomic E-state index is -1.33. The number of carbonyl (C=O) groups is 1. The second-order valence-corrected chi connectivity index (χ2v) is 6.16. The fourth-order valence-electron chi connectivity index (χ4n) is 2.75. The number of aromatic amines is 1. The fraction of sp³-hybridized carbons (Fsp3) is 0.263. The molecule has 1 aromatic carbocycles.